The Morgan fingerprint density at radius 1 is 1.28 bits per heavy atom. The van der Waals surface area contributed by atoms with Crippen LogP contribution in [0.15, 0.2) is 24.3 Å². The predicted octanol–water partition coefficient (Wildman–Crippen LogP) is 4.47. The zero-order chi connectivity index (χ0) is 12.8. The first-order valence-electron chi connectivity index (χ1n) is 7.31. The number of benzene rings is 1. The summed E-state index contributed by atoms with van der Waals surface area (Å²) in [5.41, 5.74) is 2.41. The molecule has 1 nitrogen and oxygen atoms in total. The topological polar surface area (TPSA) is 17.1 Å². The molecule has 0 spiro atoms. The van der Waals surface area contributed by atoms with E-state index in [4.69, 9.17) is 0 Å². The number of Topliss-reactive ketones (excluding diaryl/α,β-unsaturated/α-hetero) is 1. The first-order valence-corrected chi connectivity index (χ1v) is 7.31. The Labute approximate surface area is 111 Å². The molecule has 0 radical (unpaired) electrons. The monoisotopic (exact) mass is 244 g/mol. The summed E-state index contributed by atoms with van der Waals surface area (Å²) in [4.78, 5) is 11.9. The summed E-state index contributed by atoms with van der Waals surface area (Å²) in [5.74, 6) is 1.32. The highest BCUT2D eigenvalue weighted by molar-refractivity contribution is 5.80. The van der Waals surface area contributed by atoms with Gasteiger partial charge in [0.05, 0.1) is 0 Å². The van der Waals surface area contributed by atoms with E-state index in [9.17, 15) is 4.79 Å². The molecular formula is C17H24O. The molecule has 0 N–H and O–H groups in total. The van der Waals surface area contributed by atoms with E-state index in [0.717, 1.165) is 18.8 Å². The van der Waals surface area contributed by atoms with Gasteiger partial charge in [0.15, 0.2) is 0 Å². The van der Waals surface area contributed by atoms with Crippen LogP contribution in [0.25, 0.3) is 0 Å². The van der Waals surface area contributed by atoms with Gasteiger partial charge in [-0.15, -0.1) is 0 Å². The molecule has 1 aliphatic carbocycles. The van der Waals surface area contributed by atoms with Crippen molar-refractivity contribution in [3.8, 4) is 0 Å². The highest BCUT2D eigenvalue weighted by Crippen LogP contribution is 2.28. The average molecular weight is 244 g/mol. The molecule has 0 amide bonds. The van der Waals surface area contributed by atoms with Crippen LogP contribution in [0, 0.1) is 12.8 Å². The maximum atomic E-state index is 11.9. The van der Waals surface area contributed by atoms with E-state index < -0.39 is 0 Å². The van der Waals surface area contributed by atoms with Gasteiger partial charge < -0.3 is 0 Å². The number of aryl methyl sites for hydroxylation is 1. The average Bonchev–Trinajstić information content (AvgIpc) is 2.82. The molecule has 0 atom stereocenters. The minimum atomic E-state index is 0.401. The molecule has 98 valence electrons. The Bertz CT molecular complexity index is 388. The van der Waals surface area contributed by atoms with E-state index in [0.29, 0.717) is 12.2 Å². The van der Waals surface area contributed by atoms with E-state index in [1.165, 1.54) is 43.2 Å². The van der Waals surface area contributed by atoms with Crippen molar-refractivity contribution >= 4 is 5.78 Å². The smallest absolute Gasteiger partial charge is 0.137 e. The molecule has 1 aromatic carbocycles. The first kappa shape index (κ1) is 13.3. The van der Waals surface area contributed by atoms with Crippen LogP contribution in [-0.2, 0) is 11.2 Å². The lowest BCUT2D eigenvalue weighted by molar-refractivity contribution is -0.118. The molecule has 0 bridgehead atoms. The Balaban J connectivity index is 1.68. The minimum Gasteiger partial charge on any atom is -0.299 e. The highest BCUT2D eigenvalue weighted by Gasteiger charge is 2.14. The lowest BCUT2D eigenvalue weighted by atomic mass is 9.97. The van der Waals surface area contributed by atoms with Crippen LogP contribution < -0.4 is 0 Å². The van der Waals surface area contributed by atoms with Crippen LogP contribution in [0.4, 0.5) is 0 Å². The van der Waals surface area contributed by atoms with Gasteiger partial charge in [-0.05, 0) is 24.8 Å². The molecule has 0 heterocycles. The van der Waals surface area contributed by atoms with Crippen LogP contribution in [0.5, 0.6) is 0 Å². The van der Waals surface area contributed by atoms with Gasteiger partial charge in [-0.1, -0.05) is 61.9 Å². The highest BCUT2D eigenvalue weighted by atomic mass is 16.1. The summed E-state index contributed by atoms with van der Waals surface area (Å²) in [6.45, 7) is 2.08. The normalized spacial score (nSPS) is 16.1. The third-order valence-corrected chi connectivity index (χ3v) is 4.03. The van der Waals surface area contributed by atoms with Crippen LogP contribution in [0.2, 0.25) is 0 Å². The Morgan fingerprint density at radius 3 is 2.78 bits per heavy atom. The Kier molecular flexibility index (Phi) is 4.98. The summed E-state index contributed by atoms with van der Waals surface area (Å²) in [7, 11) is 0. The molecule has 1 aliphatic rings. The fourth-order valence-electron chi connectivity index (χ4n) is 3.03. The lowest BCUT2D eigenvalue weighted by Crippen LogP contribution is -2.04. The SMILES string of the molecule is Cc1cccc(CC(=O)CCCC2CCCC2)c1. The van der Waals surface area contributed by atoms with Crippen molar-refractivity contribution in [1.29, 1.82) is 0 Å². The molecule has 0 aromatic heterocycles. The van der Waals surface area contributed by atoms with Gasteiger partial charge in [0.25, 0.3) is 0 Å². The molecule has 0 unspecified atom stereocenters. The molecule has 1 heteroatoms. The number of hydrogen-bond donors (Lipinski definition) is 0. The van der Waals surface area contributed by atoms with E-state index in [1.54, 1.807) is 0 Å². The number of carbonyl (C=O) groups is 1. The summed E-state index contributed by atoms with van der Waals surface area (Å²) >= 11 is 0. The van der Waals surface area contributed by atoms with Crippen molar-refractivity contribution in [2.75, 3.05) is 0 Å². The van der Waals surface area contributed by atoms with Gasteiger partial charge in [0, 0.05) is 12.8 Å². The molecule has 0 aliphatic heterocycles. The van der Waals surface area contributed by atoms with Crippen LogP contribution in [0.1, 0.15) is 56.1 Å². The fraction of sp³-hybridized carbons (Fsp3) is 0.588. The fourth-order valence-corrected chi connectivity index (χ4v) is 3.03. The standard InChI is InChI=1S/C17H24O/c1-14-6-4-10-16(12-14)13-17(18)11-5-9-15-7-2-3-8-15/h4,6,10,12,15H,2-3,5,7-9,11,13H2,1H3. The van der Waals surface area contributed by atoms with E-state index in [-0.39, 0.29) is 0 Å². The number of rotatable bonds is 6. The minimum absolute atomic E-state index is 0.401. The van der Waals surface area contributed by atoms with Gasteiger partial charge >= 0.3 is 0 Å². The molecular weight excluding hydrogens is 220 g/mol. The van der Waals surface area contributed by atoms with Gasteiger partial charge in [-0.2, -0.15) is 0 Å². The van der Waals surface area contributed by atoms with Gasteiger partial charge in [0.2, 0.25) is 0 Å². The summed E-state index contributed by atoms with van der Waals surface area (Å²) in [5, 5.41) is 0. The Hall–Kier alpha value is -1.11. The molecule has 1 saturated carbocycles. The van der Waals surface area contributed by atoms with Crippen LogP contribution in [0.3, 0.4) is 0 Å². The van der Waals surface area contributed by atoms with Crippen molar-refractivity contribution < 1.29 is 4.79 Å². The van der Waals surface area contributed by atoms with Crippen molar-refractivity contribution in [3.63, 3.8) is 0 Å². The first-order chi connectivity index (χ1) is 8.74. The van der Waals surface area contributed by atoms with E-state index in [2.05, 4.69) is 25.1 Å². The van der Waals surface area contributed by atoms with Crippen LogP contribution in [-0.4, -0.2) is 5.78 Å². The maximum absolute atomic E-state index is 11.9. The second-order valence-corrected chi connectivity index (χ2v) is 5.75. The molecule has 2 rings (SSSR count). The van der Waals surface area contributed by atoms with Crippen molar-refractivity contribution in [3.05, 3.63) is 35.4 Å². The summed E-state index contributed by atoms with van der Waals surface area (Å²) in [6.07, 6.45) is 9.34. The summed E-state index contributed by atoms with van der Waals surface area (Å²) < 4.78 is 0. The predicted molar refractivity (Wildman–Crippen MR) is 75.7 cm³/mol. The summed E-state index contributed by atoms with van der Waals surface area (Å²) in [6, 6.07) is 8.29. The van der Waals surface area contributed by atoms with Crippen molar-refractivity contribution in [2.24, 2.45) is 5.92 Å². The number of ketones is 1. The molecule has 1 aromatic rings. The van der Waals surface area contributed by atoms with Crippen LogP contribution >= 0.6 is 0 Å². The third-order valence-electron chi connectivity index (χ3n) is 4.03. The molecule has 18 heavy (non-hydrogen) atoms. The lowest BCUT2D eigenvalue weighted by Gasteiger charge is -2.07. The van der Waals surface area contributed by atoms with E-state index >= 15 is 0 Å². The molecule has 0 saturated heterocycles. The maximum Gasteiger partial charge on any atom is 0.137 e. The number of carbonyl (C=O) groups excluding carboxylic acids is 1. The second kappa shape index (κ2) is 6.72. The number of hydrogen-bond acceptors (Lipinski definition) is 1. The molecule has 1 fully saturated rings. The zero-order valence-electron chi connectivity index (χ0n) is 11.5. The van der Waals surface area contributed by atoms with E-state index in [1.807, 2.05) is 6.07 Å². The second-order valence-electron chi connectivity index (χ2n) is 5.75. The van der Waals surface area contributed by atoms with Gasteiger partial charge in [-0.25, -0.2) is 0 Å². The quantitative estimate of drug-likeness (QED) is 0.721. The van der Waals surface area contributed by atoms with Crippen molar-refractivity contribution in [1.82, 2.24) is 0 Å². The van der Waals surface area contributed by atoms with Gasteiger partial charge in [-0.3, -0.25) is 4.79 Å². The Morgan fingerprint density at radius 2 is 2.06 bits per heavy atom. The third kappa shape index (κ3) is 4.29. The van der Waals surface area contributed by atoms with Gasteiger partial charge in [0.1, 0.15) is 5.78 Å². The largest absolute Gasteiger partial charge is 0.299 e. The van der Waals surface area contributed by atoms with Crippen molar-refractivity contribution in [2.45, 2.75) is 58.3 Å². The zero-order valence-corrected chi connectivity index (χ0v) is 11.5.